The van der Waals surface area contributed by atoms with Gasteiger partial charge in [-0.2, -0.15) is 0 Å². The third-order valence-electron chi connectivity index (χ3n) is 2.49. The van der Waals surface area contributed by atoms with E-state index in [1.165, 1.54) is 57.1 Å². The summed E-state index contributed by atoms with van der Waals surface area (Å²) in [7, 11) is 5.53. The molecule has 0 heterocycles. The van der Waals surface area contributed by atoms with E-state index in [9.17, 15) is 0 Å². The normalized spacial score (nSPS) is 12.9. The molecule has 0 aliphatic heterocycles. The van der Waals surface area contributed by atoms with Crippen LogP contribution in [0.25, 0.3) is 0 Å². The molecule has 104 valence electrons. The third kappa shape index (κ3) is 17.0. The van der Waals surface area contributed by atoms with Crippen molar-refractivity contribution in [2.45, 2.75) is 71.3 Å². The van der Waals surface area contributed by atoms with Crippen LogP contribution >= 0.6 is 31.4 Å². The largest absolute Gasteiger partial charge is 0.393 e. The van der Waals surface area contributed by atoms with Crippen molar-refractivity contribution in [3.63, 3.8) is 0 Å². The van der Waals surface area contributed by atoms with Gasteiger partial charge >= 0.3 is 0 Å². The molecule has 0 saturated carbocycles. The van der Waals surface area contributed by atoms with Crippen LogP contribution in [-0.2, 0) is 0 Å². The van der Waals surface area contributed by atoms with Gasteiger partial charge in [-0.25, -0.2) is 0 Å². The molecule has 0 aliphatic carbocycles. The summed E-state index contributed by atoms with van der Waals surface area (Å²) in [6, 6.07) is 0. The van der Waals surface area contributed by atoms with E-state index in [1.807, 2.05) is 27.5 Å². The van der Waals surface area contributed by atoms with Gasteiger partial charge in [-0.1, -0.05) is 73.5 Å². The molecule has 0 rings (SSSR count). The minimum Gasteiger partial charge on any atom is -0.393 e. The van der Waals surface area contributed by atoms with Crippen LogP contribution in [0.15, 0.2) is 0 Å². The molecule has 4 heteroatoms. The van der Waals surface area contributed by atoms with Gasteiger partial charge in [0.2, 0.25) is 0 Å². The topological polar surface area (TPSA) is 20.2 Å². The fourth-order valence-corrected chi connectivity index (χ4v) is 5.44. The Labute approximate surface area is 119 Å². The molecule has 0 fully saturated rings. The van der Waals surface area contributed by atoms with Gasteiger partial charge in [0.05, 0.1) is 6.10 Å². The number of hydrogen-bond acceptors (Lipinski definition) is 4. The first-order valence-electron chi connectivity index (χ1n) is 6.86. The van der Waals surface area contributed by atoms with Gasteiger partial charge in [-0.3, -0.25) is 0 Å². The molecule has 0 aromatic rings. The van der Waals surface area contributed by atoms with Crippen LogP contribution in [0.3, 0.4) is 0 Å². The van der Waals surface area contributed by atoms with E-state index in [0.717, 1.165) is 5.75 Å². The minimum absolute atomic E-state index is 0.170. The molecule has 17 heavy (non-hydrogen) atoms. The monoisotopic (exact) mass is 296 g/mol. The summed E-state index contributed by atoms with van der Waals surface area (Å²) in [4.78, 5) is 0. The average molecular weight is 297 g/mol. The van der Waals surface area contributed by atoms with Crippen molar-refractivity contribution >= 4 is 31.4 Å². The molecular weight excluding hydrogens is 268 g/mol. The van der Waals surface area contributed by atoms with E-state index in [0.29, 0.717) is 0 Å². The van der Waals surface area contributed by atoms with E-state index < -0.39 is 0 Å². The average Bonchev–Trinajstić information content (AvgIpc) is 2.30. The highest BCUT2D eigenvalue weighted by atomic mass is 33.5. The highest BCUT2D eigenvalue weighted by Crippen LogP contribution is 2.35. The quantitative estimate of drug-likeness (QED) is 0.355. The maximum Gasteiger partial charge on any atom is 0.0611 e. The Morgan fingerprint density at radius 3 is 2.06 bits per heavy atom. The van der Waals surface area contributed by atoms with Crippen LogP contribution < -0.4 is 0 Å². The van der Waals surface area contributed by atoms with Crippen LogP contribution in [0.4, 0.5) is 0 Å². The van der Waals surface area contributed by atoms with E-state index in [-0.39, 0.29) is 6.10 Å². The lowest BCUT2D eigenvalue weighted by atomic mass is 10.1. The van der Waals surface area contributed by atoms with E-state index in [4.69, 9.17) is 5.11 Å². The van der Waals surface area contributed by atoms with Gasteiger partial charge in [-0.05, 0) is 23.2 Å². The molecule has 0 radical (unpaired) electrons. The number of aliphatic hydroxyl groups is 1. The predicted molar refractivity (Wildman–Crippen MR) is 86.8 cm³/mol. The van der Waals surface area contributed by atoms with Crippen LogP contribution in [0, 0.1) is 0 Å². The van der Waals surface area contributed by atoms with Gasteiger partial charge in [0, 0.05) is 11.5 Å². The van der Waals surface area contributed by atoms with Crippen molar-refractivity contribution in [3.05, 3.63) is 0 Å². The molecule has 1 atom stereocenters. The maximum absolute atomic E-state index is 9.07. The Balaban J connectivity index is 2.89. The lowest BCUT2D eigenvalue weighted by Crippen LogP contribution is -2.00. The summed E-state index contributed by atoms with van der Waals surface area (Å²) in [6.07, 6.45) is 11.0. The molecule has 0 saturated heterocycles. The Kier molecular flexibility index (Phi) is 16.0. The summed E-state index contributed by atoms with van der Waals surface area (Å²) in [5, 5.41) is 9.07. The molecule has 0 aromatic carbocycles. The number of rotatable bonds is 13. The molecule has 1 nitrogen and oxygen atoms in total. The van der Waals surface area contributed by atoms with Crippen LogP contribution in [0.1, 0.15) is 65.2 Å². The van der Waals surface area contributed by atoms with Gasteiger partial charge < -0.3 is 5.11 Å². The van der Waals surface area contributed by atoms with Crippen LogP contribution in [0.5, 0.6) is 0 Å². The van der Waals surface area contributed by atoms with E-state index in [2.05, 4.69) is 6.92 Å². The summed E-state index contributed by atoms with van der Waals surface area (Å²) < 4.78 is 0. The summed E-state index contributed by atoms with van der Waals surface area (Å²) >= 11 is 0. The number of hydrogen-bond donors (Lipinski definition) is 1. The lowest BCUT2D eigenvalue weighted by Gasteiger charge is -2.03. The minimum atomic E-state index is -0.170. The predicted octanol–water partition coefficient (Wildman–Crippen LogP) is 5.54. The second kappa shape index (κ2) is 15.1. The molecule has 1 unspecified atom stereocenters. The van der Waals surface area contributed by atoms with Crippen LogP contribution in [0.2, 0.25) is 0 Å². The van der Waals surface area contributed by atoms with Gasteiger partial charge in [0.15, 0.2) is 0 Å². The highest BCUT2D eigenvalue weighted by Gasteiger charge is 1.97. The standard InChI is InChI=1S/C13H28OS3/c1-3-4-5-6-7-8-9-10-11-15-17-16-12-13(2)14/h13-14H,3-12H2,1-2H3. The Hall–Kier alpha value is 1.01. The van der Waals surface area contributed by atoms with Crippen molar-refractivity contribution < 1.29 is 5.11 Å². The third-order valence-corrected chi connectivity index (χ3v) is 6.97. The smallest absolute Gasteiger partial charge is 0.0611 e. The SMILES string of the molecule is CCCCCCCCCCSSSCC(C)O. The van der Waals surface area contributed by atoms with Gasteiger partial charge in [0.1, 0.15) is 0 Å². The van der Waals surface area contributed by atoms with E-state index in [1.54, 1.807) is 10.8 Å². The second-order valence-corrected chi connectivity index (χ2v) is 8.89. The number of aliphatic hydroxyl groups excluding tert-OH is 1. The van der Waals surface area contributed by atoms with Crippen LogP contribution in [-0.4, -0.2) is 22.7 Å². The first-order chi connectivity index (χ1) is 8.27. The van der Waals surface area contributed by atoms with Crippen molar-refractivity contribution in [1.29, 1.82) is 0 Å². The lowest BCUT2D eigenvalue weighted by molar-refractivity contribution is 0.221. The Bertz CT molecular complexity index is 143. The first-order valence-corrected chi connectivity index (χ1v) is 10.7. The summed E-state index contributed by atoms with van der Waals surface area (Å²) in [5.41, 5.74) is 0. The highest BCUT2D eigenvalue weighted by molar-refractivity contribution is 9.09. The summed E-state index contributed by atoms with van der Waals surface area (Å²) in [6.45, 7) is 4.11. The Morgan fingerprint density at radius 1 is 0.882 bits per heavy atom. The van der Waals surface area contributed by atoms with Gasteiger partial charge in [-0.15, -0.1) is 0 Å². The summed E-state index contributed by atoms with van der Waals surface area (Å²) in [5.74, 6) is 2.10. The fraction of sp³-hybridized carbons (Fsp3) is 1.00. The fourth-order valence-electron chi connectivity index (χ4n) is 1.49. The molecular formula is C13H28OS3. The van der Waals surface area contributed by atoms with Gasteiger partial charge in [0.25, 0.3) is 0 Å². The first kappa shape index (κ1) is 18.0. The molecule has 0 amide bonds. The number of unbranched alkanes of at least 4 members (excludes halogenated alkanes) is 7. The molecule has 0 bridgehead atoms. The maximum atomic E-state index is 9.07. The zero-order valence-corrected chi connectivity index (χ0v) is 13.8. The molecule has 0 aromatic heterocycles. The van der Waals surface area contributed by atoms with Crippen molar-refractivity contribution in [1.82, 2.24) is 0 Å². The Morgan fingerprint density at radius 2 is 1.47 bits per heavy atom. The van der Waals surface area contributed by atoms with Crippen molar-refractivity contribution in [2.24, 2.45) is 0 Å². The second-order valence-electron chi connectivity index (χ2n) is 4.50. The van der Waals surface area contributed by atoms with Crippen molar-refractivity contribution in [2.75, 3.05) is 11.5 Å². The molecule has 0 spiro atoms. The van der Waals surface area contributed by atoms with Crippen molar-refractivity contribution in [3.8, 4) is 0 Å². The van der Waals surface area contributed by atoms with E-state index >= 15 is 0 Å². The zero-order valence-electron chi connectivity index (χ0n) is 11.3. The molecule has 0 aliphatic rings. The molecule has 1 N–H and O–H groups in total. The zero-order chi connectivity index (χ0) is 12.8.